The van der Waals surface area contributed by atoms with Gasteiger partial charge >= 0.3 is 0 Å². The van der Waals surface area contributed by atoms with E-state index in [1.54, 1.807) is 0 Å². The van der Waals surface area contributed by atoms with Crippen LogP contribution in [0.2, 0.25) is 15.2 Å². The fourth-order valence-electron chi connectivity index (χ4n) is 0.590. The molecule has 0 aliphatic heterocycles. The molecule has 0 unspecified atom stereocenters. The molecule has 2 nitrogen and oxygen atoms in total. The predicted molar refractivity (Wildman–Crippen MR) is 45.2 cm³/mol. The minimum absolute atomic E-state index is 0.153. The Balaban J connectivity index is 3.21. The van der Waals surface area contributed by atoms with Gasteiger partial charge in [0.25, 0.3) is 0 Å². The van der Waals surface area contributed by atoms with Gasteiger partial charge in [0.15, 0.2) is 0 Å². The molecule has 0 aliphatic rings. The Morgan fingerprint density at radius 3 is 2.45 bits per heavy atom. The van der Waals surface area contributed by atoms with E-state index >= 15 is 0 Å². The van der Waals surface area contributed by atoms with Gasteiger partial charge in [-0.25, -0.2) is 4.98 Å². The maximum atomic E-state index is 8.69. The van der Waals surface area contributed by atoms with Gasteiger partial charge in [-0.15, -0.1) is 0 Å². The van der Waals surface area contributed by atoms with Crippen molar-refractivity contribution in [1.82, 2.24) is 4.98 Å². The third-order valence-corrected chi connectivity index (χ3v) is 2.11. The maximum Gasteiger partial charge on any atom is 0.148 e. The second-order valence-electron chi connectivity index (χ2n) is 1.85. The summed E-state index contributed by atoms with van der Waals surface area (Å²) in [7, 11) is 0. The third-order valence-electron chi connectivity index (χ3n) is 1.11. The fraction of sp³-hybridized carbons (Fsp3) is 0.167. The van der Waals surface area contributed by atoms with Crippen LogP contribution in [0.4, 0.5) is 0 Å². The van der Waals surface area contributed by atoms with Crippen molar-refractivity contribution in [3.05, 3.63) is 27.0 Å². The van der Waals surface area contributed by atoms with E-state index in [1.165, 1.54) is 6.07 Å². The van der Waals surface area contributed by atoms with Gasteiger partial charge in [0.1, 0.15) is 5.15 Å². The molecule has 0 bridgehead atoms. The van der Waals surface area contributed by atoms with Crippen LogP contribution in [0.3, 0.4) is 0 Å². The van der Waals surface area contributed by atoms with Crippen molar-refractivity contribution in [2.24, 2.45) is 0 Å². The standard InChI is InChI=1S/C6H4Cl3NO/c7-3-1-4(8)6(9)10-5(3)2-11/h1,11H,2H2. The molecule has 1 heterocycles. The number of aliphatic hydroxyl groups excluding tert-OH is 1. The Bertz CT molecular complexity index is 277. The third kappa shape index (κ3) is 1.97. The zero-order valence-electron chi connectivity index (χ0n) is 5.31. The van der Waals surface area contributed by atoms with Gasteiger partial charge in [-0.3, -0.25) is 0 Å². The lowest BCUT2D eigenvalue weighted by Gasteiger charge is -2.00. The Morgan fingerprint density at radius 2 is 1.91 bits per heavy atom. The molecule has 0 saturated carbocycles. The topological polar surface area (TPSA) is 33.1 Å². The minimum atomic E-state index is -0.240. The van der Waals surface area contributed by atoms with Crippen molar-refractivity contribution in [3.8, 4) is 0 Å². The molecule has 1 N–H and O–H groups in total. The molecule has 1 aromatic rings. The summed E-state index contributed by atoms with van der Waals surface area (Å²) in [6.07, 6.45) is 0. The molecular formula is C6H4Cl3NO. The first-order valence-corrected chi connectivity index (χ1v) is 3.90. The Morgan fingerprint density at radius 1 is 1.27 bits per heavy atom. The molecular weight excluding hydrogens is 208 g/mol. The average molecular weight is 212 g/mol. The van der Waals surface area contributed by atoms with Crippen LogP contribution in [0.1, 0.15) is 5.69 Å². The number of aliphatic hydroxyl groups is 1. The van der Waals surface area contributed by atoms with Crippen LogP contribution < -0.4 is 0 Å². The van der Waals surface area contributed by atoms with Gasteiger partial charge in [0.2, 0.25) is 0 Å². The first-order valence-electron chi connectivity index (χ1n) is 2.76. The number of rotatable bonds is 1. The van der Waals surface area contributed by atoms with E-state index in [0.29, 0.717) is 10.7 Å². The Labute approximate surface area is 78.7 Å². The lowest BCUT2D eigenvalue weighted by Crippen LogP contribution is -1.91. The van der Waals surface area contributed by atoms with Crippen molar-refractivity contribution in [2.45, 2.75) is 6.61 Å². The highest BCUT2D eigenvalue weighted by atomic mass is 35.5. The molecule has 0 atom stereocenters. The highest BCUT2D eigenvalue weighted by Gasteiger charge is 2.05. The van der Waals surface area contributed by atoms with Gasteiger partial charge in [-0.2, -0.15) is 0 Å². The zero-order chi connectivity index (χ0) is 8.43. The molecule has 5 heteroatoms. The summed E-state index contributed by atoms with van der Waals surface area (Å²) in [5, 5.41) is 9.45. The monoisotopic (exact) mass is 211 g/mol. The van der Waals surface area contributed by atoms with Crippen molar-refractivity contribution < 1.29 is 5.11 Å². The van der Waals surface area contributed by atoms with Gasteiger partial charge in [-0.1, -0.05) is 34.8 Å². The summed E-state index contributed by atoms with van der Waals surface area (Å²) >= 11 is 16.8. The maximum absolute atomic E-state index is 8.69. The van der Waals surface area contributed by atoms with Crippen molar-refractivity contribution >= 4 is 34.8 Å². The van der Waals surface area contributed by atoms with Crippen LogP contribution in [0, 0.1) is 0 Å². The van der Waals surface area contributed by atoms with E-state index in [0.717, 1.165) is 0 Å². The molecule has 0 saturated heterocycles. The zero-order valence-corrected chi connectivity index (χ0v) is 7.58. The van der Waals surface area contributed by atoms with Crippen molar-refractivity contribution in [3.63, 3.8) is 0 Å². The number of pyridine rings is 1. The largest absolute Gasteiger partial charge is 0.390 e. The summed E-state index contributed by atoms with van der Waals surface area (Å²) in [5.41, 5.74) is 0.334. The number of halogens is 3. The van der Waals surface area contributed by atoms with Crippen LogP contribution in [0.15, 0.2) is 6.07 Å². The first kappa shape index (κ1) is 9.07. The molecule has 0 aliphatic carbocycles. The number of hydrogen-bond acceptors (Lipinski definition) is 2. The number of hydrogen-bond donors (Lipinski definition) is 1. The van der Waals surface area contributed by atoms with Crippen LogP contribution >= 0.6 is 34.8 Å². The lowest BCUT2D eigenvalue weighted by atomic mass is 10.4. The molecule has 0 radical (unpaired) electrons. The van der Waals surface area contributed by atoms with Gasteiger partial charge < -0.3 is 5.11 Å². The van der Waals surface area contributed by atoms with Gasteiger partial charge in [0.05, 0.1) is 22.3 Å². The molecule has 0 fully saturated rings. The first-order chi connectivity index (χ1) is 5.15. The number of nitrogens with zero attached hydrogens (tertiary/aromatic N) is 1. The number of aromatic nitrogens is 1. The summed E-state index contributed by atoms with van der Waals surface area (Å²) in [5.74, 6) is 0. The molecule has 1 rings (SSSR count). The van der Waals surface area contributed by atoms with E-state index in [-0.39, 0.29) is 16.8 Å². The van der Waals surface area contributed by atoms with E-state index in [1.807, 2.05) is 0 Å². The van der Waals surface area contributed by atoms with E-state index in [4.69, 9.17) is 39.9 Å². The van der Waals surface area contributed by atoms with E-state index in [9.17, 15) is 0 Å². The fourth-order valence-corrected chi connectivity index (χ4v) is 1.17. The molecule has 11 heavy (non-hydrogen) atoms. The Hall–Kier alpha value is -0.0200. The molecule has 0 spiro atoms. The highest BCUT2D eigenvalue weighted by molar-refractivity contribution is 6.42. The molecule has 1 aromatic heterocycles. The van der Waals surface area contributed by atoms with Gasteiger partial charge in [-0.05, 0) is 6.07 Å². The van der Waals surface area contributed by atoms with Crippen LogP contribution in [-0.2, 0) is 6.61 Å². The summed E-state index contributed by atoms with van der Waals surface area (Å²) < 4.78 is 0. The highest BCUT2D eigenvalue weighted by Crippen LogP contribution is 2.25. The predicted octanol–water partition coefficient (Wildman–Crippen LogP) is 2.53. The average Bonchev–Trinajstić information content (AvgIpc) is 1.97. The second-order valence-corrected chi connectivity index (χ2v) is 3.02. The summed E-state index contributed by atoms with van der Waals surface area (Å²) in [6, 6.07) is 1.45. The van der Waals surface area contributed by atoms with Gasteiger partial charge in [0, 0.05) is 0 Å². The smallest absolute Gasteiger partial charge is 0.148 e. The SMILES string of the molecule is OCc1nc(Cl)c(Cl)cc1Cl. The quantitative estimate of drug-likeness (QED) is 0.726. The van der Waals surface area contributed by atoms with Crippen molar-refractivity contribution in [1.29, 1.82) is 0 Å². The van der Waals surface area contributed by atoms with Crippen molar-refractivity contribution in [2.75, 3.05) is 0 Å². The summed E-state index contributed by atoms with van der Waals surface area (Å²) in [6.45, 7) is -0.240. The van der Waals surface area contributed by atoms with Crippen LogP contribution in [0.5, 0.6) is 0 Å². The van der Waals surface area contributed by atoms with Crippen LogP contribution in [-0.4, -0.2) is 10.1 Å². The Kier molecular flexibility index (Phi) is 2.96. The lowest BCUT2D eigenvalue weighted by molar-refractivity contribution is 0.277. The molecule has 60 valence electrons. The summed E-state index contributed by atoms with van der Waals surface area (Å²) in [4.78, 5) is 3.74. The van der Waals surface area contributed by atoms with E-state index < -0.39 is 0 Å². The normalized spacial score (nSPS) is 10.2. The van der Waals surface area contributed by atoms with E-state index in [2.05, 4.69) is 4.98 Å². The molecule has 0 amide bonds. The second kappa shape index (κ2) is 3.59. The van der Waals surface area contributed by atoms with Crippen LogP contribution in [0.25, 0.3) is 0 Å². The minimum Gasteiger partial charge on any atom is -0.390 e. The molecule has 0 aromatic carbocycles.